The van der Waals surface area contributed by atoms with Crippen molar-refractivity contribution in [2.45, 2.75) is 4.90 Å². The number of pyridine rings is 1. The largest absolute Gasteiger partial charge is 0.319 e. The summed E-state index contributed by atoms with van der Waals surface area (Å²) in [7, 11) is -3.27. The van der Waals surface area contributed by atoms with Gasteiger partial charge in [0, 0.05) is 18.0 Å². The van der Waals surface area contributed by atoms with E-state index >= 15 is 0 Å². The molecular formula is C13H11ClN2O3S. The number of nitrogens with zero attached hydrogens (tertiary/aromatic N) is 1. The number of sulfone groups is 1. The molecule has 2 rings (SSSR count). The van der Waals surface area contributed by atoms with Crippen LogP contribution in [0.4, 0.5) is 5.69 Å². The van der Waals surface area contributed by atoms with Crippen LogP contribution in [0.25, 0.3) is 0 Å². The van der Waals surface area contributed by atoms with Gasteiger partial charge >= 0.3 is 0 Å². The average molecular weight is 311 g/mol. The van der Waals surface area contributed by atoms with E-state index in [1.165, 1.54) is 30.5 Å². The molecule has 0 aliphatic carbocycles. The van der Waals surface area contributed by atoms with Gasteiger partial charge in [0.05, 0.1) is 10.6 Å². The molecule has 0 atom stereocenters. The van der Waals surface area contributed by atoms with Crippen LogP contribution in [0.15, 0.2) is 47.5 Å². The Labute approximate surface area is 121 Å². The molecule has 0 aliphatic heterocycles. The summed E-state index contributed by atoms with van der Waals surface area (Å²) in [5.74, 6) is -0.389. The molecule has 2 aromatic rings. The maximum absolute atomic E-state index is 12.0. The summed E-state index contributed by atoms with van der Waals surface area (Å²) in [6.45, 7) is 0. The normalized spacial score (nSPS) is 11.1. The second-order valence-electron chi connectivity index (χ2n) is 4.09. The van der Waals surface area contributed by atoms with Gasteiger partial charge in [-0.2, -0.15) is 0 Å². The number of halogens is 1. The minimum Gasteiger partial charge on any atom is -0.319 e. The number of carbonyl (C=O) groups excluding carboxylic acids is 1. The predicted octanol–water partition coefficient (Wildman–Crippen LogP) is 2.39. The van der Waals surface area contributed by atoms with Gasteiger partial charge in [0.15, 0.2) is 15.0 Å². The minimum atomic E-state index is -3.27. The van der Waals surface area contributed by atoms with Gasteiger partial charge in [-0.15, -0.1) is 0 Å². The number of hydrogen-bond acceptors (Lipinski definition) is 4. The Morgan fingerprint density at radius 1 is 1.20 bits per heavy atom. The van der Waals surface area contributed by atoms with Gasteiger partial charge < -0.3 is 5.32 Å². The molecule has 0 unspecified atom stereocenters. The summed E-state index contributed by atoms with van der Waals surface area (Å²) >= 11 is 5.84. The molecule has 5 nitrogen and oxygen atoms in total. The van der Waals surface area contributed by atoms with Crippen LogP contribution in [-0.4, -0.2) is 25.6 Å². The number of benzene rings is 1. The predicted molar refractivity (Wildman–Crippen MR) is 76.8 cm³/mol. The fourth-order valence-electron chi connectivity index (χ4n) is 1.53. The summed E-state index contributed by atoms with van der Waals surface area (Å²) in [5.41, 5.74) is 0.726. The van der Waals surface area contributed by atoms with Crippen LogP contribution < -0.4 is 5.32 Å². The Kier molecular flexibility index (Phi) is 4.06. The van der Waals surface area contributed by atoms with Gasteiger partial charge in [-0.3, -0.25) is 4.79 Å². The molecule has 1 aromatic carbocycles. The zero-order valence-electron chi connectivity index (χ0n) is 10.5. The second kappa shape index (κ2) is 5.60. The zero-order valence-corrected chi connectivity index (χ0v) is 12.1. The van der Waals surface area contributed by atoms with E-state index in [2.05, 4.69) is 10.3 Å². The molecule has 0 saturated heterocycles. The number of amides is 1. The first kappa shape index (κ1) is 14.5. The summed E-state index contributed by atoms with van der Waals surface area (Å²) in [6, 6.07) is 8.92. The molecule has 1 amide bonds. The molecule has 1 aromatic heterocycles. The molecule has 0 saturated carbocycles. The van der Waals surface area contributed by atoms with Gasteiger partial charge in [-0.05, 0) is 36.4 Å². The van der Waals surface area contributed by atoms with Gasteiger partial charge in [0.25, 0.3) is 5.91 Å². The summed E-state index contributed by atoms with van der Waals surface area (Å²) in [4.78, 5) is 16.0. The third kappa shape index (κ3) is 3.34. The van der Waals surface area contributed by atoms with Crippen molar-refractivity contribution in [3.63, 3.8) is 0 Å². The van der Waals surface area contributed by atoms with E-state index < -0.39 is 9.84 Å². The van der Waals surface area contributed by atoms with Crippen molar-refractivity contribution < 1.29 is 13.2 Å². The summed E-state index contributed by atoms with van der Waals surface area (Å²) in [6.07, 6.45) is 2.62. The Balaban J connectivity index is 2.20. The third-order valence-electron chi connectivity index (χ3n) is 2.55. The molecular weight excluding hydrogens is 300 g/mol. The maximum atomic E-state index is 12.0. The van der Waals surface area contributed by atoms with Crippen molar-refractivity contribution >= 4 is 33.0 Å². The lowest BCUT2D eigenvalue weighted by atomic mass is 10.2. The first-order chi connectivity index (χ1) is 9.38. The van der Waals surface area contributed by atoms with Crippen LogP contribution in [0.2, 0.25) is 5.15 Å². The lowest BCUT2D eigenvalue weighted by Crippen LogP contribution is -2.12. The highest BCUT2D eigenvalue weighted by molar-refractivity contribution is 7.90. The number of aromatic nitrogens is 1. The van der Waals surface area contributed by atoms with Crippen LogP contribution in [0, 0.1) is 0 Å². The maximum Gasteiger partial charge on any atom is 0.255 e. The van der Waals surface area contributed by atoms with Crippen LogP contribution in [0.5, 0.6) is 0 Å². The van der Waals surface area contributed by atoms with Crippen LogP contribution in [0.3, 0.4) is 0 Å². The van der Waals surface area contributed by atoms with Gasteiger partial charge in [-0.1, -0.05) is 11.6 Å². The van der Waals surface area contributed by atoms with Crippen LogP contribution in [-0.2, 0) is 9.84 Å². The Bertz CT molecular complexity index is 742. The molecule has 104 valence electrons. The van der Waals surface area contributed by atoms with Crippen molar-refractivity contribution in [2.24, 2.45) is 0 Å². The van der Waals surface area contributed by atoms with Crippen molar-refractivity contribution in [1.82, 2.24) is 4.98 Å². The SMILES string of the molecule is CS(=O)(=O)c1ccc(C(=O)Nc2cccnc2Cl)cc1. The van der Waals surface area contributed by atoms with Gasteiger partial charge in [-0.25, -0.2) is 13.4 Å². The second-order valence-corrected chi connectivity index (χ2v) is 6.47. The first-order valence-corrected chi connectivity index (χ1v) is 7.87. The van der Waals surface area contributed by atoms with Gasteiger partial charge in [0.1, 0.15) is 0 Å². The molecule has 0 spiro atoms. The quantitative estimate of drug-likeness (QED) is 0.883. The van der Waals surface area contributed by atoms with Gasteiger partial charge in [0.2, 0.25) is 0 Å². The number of carbonyl (C=O) groups is 1. The number of nitrogens with one attached hydrogen (secondary N) is 1. The molecule has 1 heterocycles. The highest BCUT2D eigenvalue weighted by Gasteiger charge is 2.11. The number of anilines is 1. The molecule has 0 aliphatic rings. The topological polar surface area (TPSA) is 76.1 Å². The van der Waals surface area contributed by atoms with E-state index in [-0.39, 0.29) is 16.0 Å². The van der Waals surface area contributed by atoms with E-state index in [4.69, 9.17) is 11.6 Å². The third-order valence-corrected chi connectivity index (χ3v) is 3.98. The molecule has 7 heteroatoms. The van der Waals surface area contributed by atoms with E-state index in [0.717, 1.165) is 6.26 Å². The molecule has 1 N–H and O–H groups in total. The van der Waals surface area contributed by atoms with Crippen LogP contribution in [0.1, 0.15) is 10.4 Å². The fraction of sp³-hybridized carbons (Fsp3) is 0.0769. The lowest BCUT2D eigenvalue weighted by molar-refractivity contribution is 0.102. The first-order valence-electron chi connectivity index (χ1n) is 5.60. The highest BCUT2D eigenvalue weighted by atomic mass is 35.5. The molecule has 0 fully saturated rings. The van der Waals surface area contributed by atoms with E-state index in [1.807, 2.05) is 0 Å². The van der Waals surface area contributed by atoms with Crippen molar-refractivity contribution in [2.75, 3.05) is 11.6 Å². The Morgan fingerprint density at radius 2 is 1.85 bits per heavy atom. The smallest absolute Gasteiger partial charge is 0.255 e. The van der Waals surface area contributed by atoms with Crippen molar-refractivity contribution in [3.8, 4) is 0 Å². The highest BCUT2D eigenvalue weighted by Crippen LogP contribution is 2.19. The monoisotopic (exact) mass is 310 g/mol. The fourth-order valence-corrected chi connectivity index (χ4v) is 2.32. The molecule has 0 radical (unpaired) electrons. The summed E-state index contributed by atoms with van der Waals surface area (Å²) in [5, 5.41) is 2.79. The Hall–Kier alpha value is -1.92. The summed E-state index contributed by atoms with van der Waals surface area (Å²) < 4.78 is 22.6. The molecule has 20 heavy (non-hydrogen) atoms. The number of rotatable bonds is 3. The van der Waals surface area contributed by atoms with Crippen LogP contribution >= 0.6 is 11.6 Å². The zero-order chi connectivity index (χ0) is 14.8. The Morgan fingerprint density at radius 3 is 2.40 bits per heavy atom. The lowest BCUT2D eigenvalue weighted by Gasteiger charge is -2.06. The van der Waals surface area contributed by atoms with Crippen molar-refractivity contribution in [3.05, 3.63) is 53.3 Å². The number of hydrogen-bond donors (Lipinski definition) is 1. The standard InChI is InChI=1S/C13H11ClN2O3S/c1-20(18,19)10-6-4-9(5-7-10)13(17)16-11-3-2-8-15-12(11)14/h2-8H,1H3,(H,16,17). The van der Waals surface area contributed by atoms with E-state index in [1.54, 1.807) is 12.1 Å². The average Bonchev–Trinajstić information content (AvgIpc) is 2.40. The van der Waals surface area contributed by atoms with E-state index in [9.17, 15) is 13.2 Å². The molecule has 0 bridgehead atoms. The van der Waals surface area contributed by atoms with Crippen molar-refractivity contribution in [1.29, 1.82) is 0 Å². The minimum absolute atomic E-state index is 0.161. The van der Waals surface area contributed by atoms with E-state index in [0.29, 0.717) is 11.3 Å².